The number of aromatic hydroxyl groups is 1. The van der Waals surface area contributed by atoms with Gasteiger partial charge in [0.25, 0.3) is 0 Å². The van der Waals surface area contributed by atoms with Gasteiger partial charge in [-0.05, 0) is 76.6 Å². The Morgan fingerprint density at radius 2 is 1.93 bits per heavy atom. The number of aliphatic hydroxyl groups is 1. The van der Waals surface area contributed by atoms with E-state index in [2.05, 4.69) is 52.1 Å². The average Bonchev–Trinajstić information content (AvgIpc) is 2.64. The first-order chi connectivity index (χ1) is 13.6. The van der Waals surface area contributed by atoms with Crippen LogP contribution in [0.2, 0.25) is 0 Å². The minimum absolute atomic E-state index is 0.0601. The van der Waals surface area contributed by atoms with E-state index in [1.807, 2.05) is 13.1 Å². The van der Waals surface area contributed by atoms with Crippen molar-refractivity contribution >= 4 is 0 Å². The second-order valence-electron chi connectivity index (χ2n) is 10.2. The third-order valence-corrected chi connectivity index (χ3v) is 7.49. The molecule has 4 heteroatoms. The van der Waals surface area contributed by atoms with Gasteiger partial charge in [-0.1, -0.05) is 38.3 Å². The average molecular weight is 402 g/mol. The van der Waals surface area contributed by atoms with Crippen molar-refractivity contribution in [1.29, 1.82) is 0 Å². The number of phenols is 1. The quantitative estimate of drug-likeness (QED) is 0.435. The van der Waals surface area contributed by atoms with Crippen LogP contribution in [0.15, 0.2) is 23.8 Å². The standard InChI is InChI=1S/C25H39NO3/c1-17-10-12-25(26-6)19(14-17)22-20(28)15-18(16-21(22)29-24(25,4)5)23(2,3)11-8-7-9-13-27/h10,15-16,19,26-28H,7-9,11-14H2,1-6H3/t19-,25-/m0/s1. The first-order valence-corrected chi connectivity index (χ1v) is 11.1. The van der Waals surface area contributed by atoms with Crippen molar-refractivity contribution in [2.24, 2.45) is 0 Å². The van der Waals surface area contributed by atoms with Crippen molar-refractivity contribution in [3.8, 4) is 11.5 Å². The molecule has 4 nitrogen and oxygen atoms in total. The molecule has 3 rings (SSSR count). The van der Waals surface area contributed by atoms with Gasteiger partial charge in [0.15, 0.2) is 0 Å². The van der Waals surface area contributed by atoms with Gasteiger partial charge in [0.05, 0.1) is 5.54 Å². The molecule has 0 radical (unpaired) electrons. The van der Waals surface area contributed by atoms with Crippen molar-refractivity contribution in [3.63, 3.8) is 0 Å². The number of phenolic OH excluding ortho intramolecular Hbond substituents is 1. The van der Waals surface area contributed by atoms with E-state index in [0.717, 1.165) is 55.4 Å². The monoisotopic (exact) mass is 401 g/mol. The maximum Gasteiger partial charge on any atom is 0.127 e. The molecule has 1 aliphatic carbocycles. The molecule has 0 spiro atoms. The minimum atomic E-state index is -0.396. The zero-order chi connectivity index (χ0) is 21.4. The van der Waals surface area contributed by atoms with Crippen molar-refractivity contribution in [2.75, 3.05) is 13.7 Å². The number of likely N-dealkylation sites (N-methyl/N-ethyl adjacent to an activating group) is 1. The molecular formula is C25H39NO3. The van der Waals surface area contributed by atoms with Crippen LogP contribution in [-0.2, 0) is 5.41 Å². The largest absolute Gasteiger partial charge is 0.508 e. The second-order valence-corrected chi connectivity index (χ2v) is 10.2. The molecule has 3 N–H and O–H groups in total. The lowest BCUT2D eigenvalue weighted by Crippen LogP contribution is -2.67. The SMILES string of the molecule is CN[C@@]12CC=C(C)C[C@H]1c1c(O)cc(C(C)(C)CCCCCO)cc1OC2(C)C. The highest BCUT2D eigenvalue weighted by atomic mass is 16.5. The Labute approximate surface area is 176 Å². The molecule has 0 unspecified atom stereocenters. The summed E-state index contributed by atoms with van der Waals surface area (Å²) in [6, 6.07) is 4.12. The van der Waals surface area contributed by atoms with Crippen molar-refractivity contribution < 1.29 is 14.9 Å². The Balaban J connectivity index is 2.01. The van der Waals surface area contributed by atoms with Gasteiger partial charge >= 0.3 is 0 Å². The van der Waals surface area contributed by atoms with Gasteiger partial charge < -0.3 is 20.3 Å². The zero-order valence-corrected chi connectivity index (χ0v) is 19.1. The number of unbranched alkanes of at least 4 members (excludes halogenated alkanes) is 2. The van der Waals surface area contributed by atoms with E-state index in [9.17, 15) is 5.11 Å². The Morgan fingerprint density at radius 3 is 2.59 bits per heavy atom. The summed E-state index contributed by atoms with van der Waals surface area (Å²) in [7, 11) is 2.01. The van der Waals surface area contributed by atoms with Crippen molar-refractivity contribution in [1.82, 2.24) is 5.32 Å². The fourth-order valence-electron chi connectivity index (χ4n) is 5.45. The molecule has 0 bridgehead atoms. The summed E-state index contributed by atoms with van der Waals surface area (Å²) >= 11 is 0. The van der Waals surface area contributed by atoms with Crippen LogP contribution in [0.4, 0.5) is 0 Å². The molecule has 0 saturated heterocycles. The summed E-state index contributed by atoms with van der Waals surface area (Å²) in [5, 5.41) is 23.8. The first-order valence-electron chi connectivity index (χ1n) is 11.1. The number of hydrogen-bond acceptors (Lipinski definition) is 4. The predicted molar refractivity (Wildman–Crippen MR) is 119 cm³/mol. The van der Waals surface area contributed by atoms with Gasteiger partial charge in [0.1, 0.15) is 17.1 Å². The van der Waals surface area contributed by atoms with Crippen molar-refractivity contribution in [3.05, 3.63) is 34.9 Å². The molecule has 0 aromatic heterocycles. The van der Waals surface area contributed by atoms with E-state index in [-0.39, 0.29) is 23.5 Å². The van der Waals surface area contributed by atoms with Gasteiger partial charge in [-0.2, -0.15) is 0 Å². The fraction of sp³-hybridized carbons (Fsp3) is 0.680. The summed E-state index contributed by atoms with van der Waals surface area (Å²) in [6.45, 7) is 11.2. The number of aliphatic hydroxyl groups excluding tert-OH is 1. The summed E-state index contributed by atoms with van der Waals surface area (Å²) in [5.74, 6) is 1.37. The van der Waals surface area contributed by atoms with Crippen molar-refractivity contribution in [2.45, 2.75) is 95.6 Å². The highest BCUT2D eigenvalue weighted by Crippen LogP contribution is 2.56. The molecule has 1 aliphatic heterocycles. The van der Waals surface area contributed by atoms with Crippen LogP contribution >= 0.6 is 0 Å². The number of ether oxygens (including phenoxy) is 1. The fourth-order valence-corrected chi connectivity index (χ4v) is 5.45. The maximum atomic E-state index is 11.2. The zero-order valence-electron chi connectivity index (χ0n) is 19.1. The minimum Gasteiger partial charge on any atom is -0.508 e. The normalized spacial score (nSPS) is 25.6. The van der Waals surface area contributed by atoms with E-state index in [0.29, 0.717) is 5.75 Å². The van der Waals surface area contributed by atoms with Crippen LogP contribution in [0.3, 0.4) is 0 Å². The van der Waals surface area contributed by atoms with Crippen LogP contribution in [0.25, 0.3) is 0 Å². The first kappa shape index (κ1) is 22.2. The summed E-state index contributed by atoms with van der Waals surface area (Å²) in [6.07, 6.45) is 8.09. The number of hydrogen-bond donors (Lipinski definition) is 3. The molecule has 29 heavy (non-hydrogen) atoms. The predicted octanol–water partition coefficient (Wildman–Crippen LogP) is 5.18. The topological polar surface area (TPSA) is 61.7 Å². The molecular weight excluding hydrogens is 362 g/mol. The van der Waals surface area contributed by atoms with Crippen LogP contribution < -0.4 is 10.1 Å². The lowest BCUT2D eigenvalue weighted by atomic mass is 9.61. The van der Waals surface area contributed by atoms with E-state index >= 15 is 0 Å². The molecule has 1 aromatic carbocycles. The molecule has 1 heterocycles. The molecule has 162 valence electrons. The summed E-state index contributed by atoms with van der Waals surface area (Å²) in [5.41, 5.74) is 2.75. The Hall–Kier alpha value is -1.52. The van der Waals surface area contributed by atoms with Gasteiger partial charge in [0, 0.05) is 18.1 Å². The van der Waals surface area contributed by atoms with E-state index in [1.54, 1.807) is 0 Å². The lowest BCUT2D eigenvalue weighted by Gasteiger charge is -2.56. The van der Waals surface area contributed by atoms with Crippen LogP contribution in [0.1, 0.15) is 90.2 Å². The van der Waals surface area contributed by atoms with Gasteiger partial charge in [-0.15, -0.1) is 0 Å². The van der Waals surface area contributed by atoms with E-state index < -0.39 is 5.60 Å². The van der Waals surface area contributed by atoms with E-state index in [4.69, 9.17) is 9.84 Å². The third kappa shape index (κ3) is 3.82. The number of nitrogens with one attached hydrogen (secondary N) is 1. The lowest BCUT2D eigenvalue weighted by molar-refractivity contribution is -0.0322. The number of rotatable bonds is 7. The smallest absolute Gasteiger partial charge is 0.127 e. The number of benzene rings is 1. The van der Waals surface area contributed by atoms with Gasteiger partial charge in [0.2, 0.25) is 0 Å². The van der Waals surface area contributed by atoms with Crippen LogP contribution in [0, 0.1) is 0 Å². The molecule has 1 aromatic rings. The Kier molecular flexibility index (Phi) is 6.08. The van der Waals surface area contributed by atoms with Crippen LogP contribution in [0.5, 0.6) is 11.5 Å². The molecule has 0 fully saturated rings. The highest BCUT2D eigenvalue weighted by Gasteiger charge is 2.57. The molecule has 0 amide bonds. The third-order valence-electron chi connectivity index (χ3n) is 7.49. The van der Waals surface area contributed by atoms with Gasteiger partial charge in [-0.25, -0.2) is 0 Å². The van der Waals surface area contributed by atoms with E-state index in [1.165, 1.54) is 5.57 Å². The molecule has 0 saturated carbocycles. The molecule has 2 aliphatic rings. The number of allylic oxidation sites excluding steroid dienone is 1. The summed E-state index contributed by atoms with van der Waals surface area (Å²) in [4.78, 5) is 0. The van der Waals surface area contributed by atoms with Gasteiger partial charge in [-0.3, -0.25) is 0 Å². The second kappa shape index (κ2) is 7.96. The Morgan fingerprint density at radius 1 is 1.21 bits per heavy atom. The van der Waals surface area contributed by atoms with Crippen LogP contribution in [-0.4, -0.2) is 35.0 Å². The highest BCUT2D eigenvalue weighted by molar-refractivity contribution is 5.56. The number of fused-ring (bicyclic) bond motifs is 3. The maximum absolute atomic E-state index is 11.2. The molecule has 2 atom stereocenters. The Bertz CT molecular complexity index is 781. The summed E-state index contributed by atoms with van der Waals surface area (Å²) < 4.78 is 6.59.